The molecule has 0 saturated carbocycles. The van der Waals surface area contributed by atoms with Crippen molar-refractivity contribution in [1.29, 1.82) is 0 Å². The minimum atomic E-state index is -0.993. The quantitative estimate of drug-likeness (QED) is 0.341. The molecule has 0 spiro atoms. The molecule has 18 heavy (non-hydrogen) atoms. The summed E-state index contributed by atoms with van der Waals surface area (Å²) in [5.74, 6) is -0.993. The second-order valence-corrected chi connectivity index (χ2v) is 3.24. The third-order valence-electron chi connectivity index (χ3n) is 1.72. The average Bonchev–Trinajstić information content (AvgIpc) is 2.34. The first kappa shape index (κ1) is 17.0. The van der Waals surface area contributed by atoms with Crippen molar-refractivity contribution in [2.24, 2.45) is 0 Å². The second-order valence-electron chi connectivity index (χ2n) is 3.24. The molecule has 0 rings (SSSR count). The van der Waals surface area contributed by atoms with Gasteiger partial charge in [-0.2, -0.15) is 0 Å². The Morgan fingerprint density at radius 3 is 1.72 bits per heavy atom. The highest BCUT2D eigenvalue weighted by atomic mass is 16.6. The van der Waals surface area contributed by atoms with Gasteiger partial charge in [-0.05, 0) is 0 Å². The number of hydrogen-bond acceptors (Lipinski definition) is 6. The minimum Gasteiger partial charge on any atom is -0.480 e. The lowest BCUT2D eigenvalue weighted by Gasteiger charge is -2.06. The lowest BCUT2D eigenvalue weighted by molar-refractivity contribution is -0.142. The summed E-state index contributed by atoms with van der Waals surface area (Å²) < 4.78 is 20.2. The van der Waals surface area contributed by atoms with Gasteiger partial charge in [-0.15, -0.1) is 0 Å². The molecule has 0 aliphatic rings. The lowest BCUT2D eigenvalue weighted by atomic mass is 10.5. The van der Waals surface area contributed by atoms with Gasteiger partial charge in [0, 0.05) is 6.42 Å². The molecule has 0 fully saturated rings. The number of aldehydes is 1. The number of carboxylic acid groups (broad SMARTS) is 1. The molecule has 1 N–H and O–H groups in total. The molecule has 7 nitrogen and oxygen atoms in total. The van der Waals surface area contributed by atoms with Crippen LogP contribution in [0.1, 0.15) is 6.42 Å². The van der Waals surface area contributed by atoms with E-state index in [4.69, 9.17) is 24.1 Å². The van der Waals surface area contributed by atoms with Crippen molar-refractivity contribution in [2.45, 2.75) is 6.42 Å². The molecule has 7 heteroatoms. The van der Waals surface area contributed by atoms with Crippen LogP contribution in [0.15, 0.2) is 0 Å². The van der Waals surface area contributed by atoms with Gasteiger partial charge in [-0.3, -0.25) is 0 Å². The van der Waals surface area contributed by atoms with E-state index >= 15 is 0 Å². The first-order valence-electron chi connectivity index (χ1n) is 5.73. The van der Waals surface area contributed by atoms with E-state index in [1.165, 1.54) is 0 Å². The molecule has 0 amide bonds. The van der Waals surface area contributed by atoms with E-state index in [0.29, 0.717) is 46.1 Å². The Hall–Kier alpha value is -1.02. The first-order chi connectivity index (χ1) is 8.77. The highest BCUT2D eigenvalue weighted by molar-refractivity contribution is 5.67. The number of hydrogen-bond donors (Lipinski definition) is 1. The number of ether oxygens (including phenoxy) is 4. The van der Waals surface area contributed by atoms with Gasteiger partial charge < -0.3 is 28.8 Å². The average molecular weight is 264 g/mol. The lowest BCUT2D eigenvalue weighted by Crippen LogP contribution is -2.14. The third kappa shape index (κ3) is 15.0. The van der Waals surface area contributed by atoms with Crippen LogP contribution in [0.5, 0.6) is 0 Å². The van der Waals surface area contributed by atoms with Gasteiger partial charge in [0.25, 0.3) is 0 Å². The highest BCUT2D eigenvalue weighted by Gasteiger charge is 1.96. The van der Waals surface area contributed by atoms with Crippen molar-refractivity contribution in [2.75, 3.05) is 52.9 Å². The maximum Gasteiger partial charge on any atom is 0.329 e. The van der Waals surface area contributed by atoms with Crippen LogP contribution in [0.2, 0.25) is 0 Å². The Bertz CT molecular complexity index is 208. The summed E-state index contributed by atoms with van der Waals surface area (Å²) in [4.78, 5) is 20.0. The van der Waals surface area contributed by atoms with E-state index < -0.39 is 5.97 Å². The summed E-state index contributed by atoms with van der Waals surface area (Å²) in [6.07, 6.45) is 1.21. The predicted molar refractivity (Wildman–Crippen MR) is 61.6 cm³/mol. The van der Waals surface area contributed by atoms with Gasteiger partial charge in [0.15, 0.2) is 0 Å². The number of carboxylic acids is 1. The van der Waals surface area contributed by atoms with Gasteiger partial charge >= 0.3 is 5.97 Å². The van der Waals surface area contributed by atoms with E-state index in [-0.39, 0.29) is 13.2 Å². The van der Waals surface area contributed by atoms with E-state index in [0.717, 1.165) is 6.29 Å². The van der Waals surface area contributed by atoms with Crippen LogP contribution in [0.3, 0.4) is 0 Å². The van der Waals surface area contributed by atoms with Crippen molar-refractivity contribution >= 4 is 12.3 Å². The highest BCUT2D eigenvalue weighted by Crippen LogP contribution is 1.83. The normalized spacial score (nSPS) is 10.4. The largest absolute Gasteiger partial charge is 0.480 e. The monoisotopic (exact) mass is 264 g/mol. The molecule has 0 saturated heterocycles. The van der Waals surface area contributed by atoms with E-state index in [2.05, 4.69) is 0 Å². The molecule has 0 heterocycles. The first-order valence-corrected chi connectivity index (χ1v) is 5.73. The Morgan fingerprint density at radius 1 is 0.833 bits per heavy atom. The van der Waals surface area contributed by atoms with Crippen molar-refractivity contribution in [1.82, 2.24) is 0 Å². The summed E-state index contributed by atoms with van der Waals surface area (Å²) in [6, 6.07) is 0. The Balaban J connectivity index is 2.94. The molecule has 0 aliphatic heterocycles. The van der Waals surface area contributed by atoms with Gasteiger partial charge in [0.2, 0.25) is 0 Å². The zero-order valence-corrected chi connectivity index (χ0v) is 10.3. The van der Waals surface area contributed by atoms with E-state index in [1.807, 2.05) is 0 Å². The summed E-state index contributed by atoms with van der Waals surface area (Å²) in [5, 5.41) is 8.27. The molecular formula is C11H20O7. The van der Waals surface area contributed by atoms with Crippen LogP contribution < -0.4 is 0 Å². The molecule has 0 aromatic heterocycles. The van der Waals surface area contributed by atoms with Crippen LogP contribution in [0, 0.1) is 0 Å². The zero-order chi connectivity index (χ0) is 13.5. The minimum absolute atomic E-state index is 0.251. The van der Waals surface area contributed by atoms with Crippen molar-refractivity contribution in [3.63, 3.8) is 0 Å². The van der Waals surface area contributed by atoms with E-state index in [9.17, 15) is 9.59 Å². The molecule has 106 valence electrons. The third-order valence-corrected chi connectivity index (χ3v) is 1.72. The van der Waals surface area contributed by atoms with Crippen LogP contribution >= 0.6 is 0 Å². The SMILES string of the molecule is O=CCCOCCOCCOCCOCC(=O)O. The van der Waals surface area contributed by atoms with Gasteiger partial charge in [0.05, 0.1) is 46.2 Å². The maximum atomic E-state index is 10.1. The Kier molecular flexibility index (Phi) is 13.2. The number of carbonyl (C=O) groups excluding carboxylic acids is 1. The summed E-state index contributed by atoms with van der Waals surface area (Å²) in [6.45, 7) is 2.48. The smallest absolute Gasteiger partial charge is 0.329 e. The predicted octanol–water partition coefficient (Wildman–Crippen LogP) is -0.274. The summed E-state index contributed by atoms with van der Waals surface area (Å²) in [7, 11) is 0. The van der Waals surface area contributed by atoms with Crippen LogP contribution in [-0.2, 0) is 28.5 Å². The Labute approximate surface area is 106 Å². The fraction of sp³-hybridized carbons (Fsp3) is 0.818. The molecule has 0 aromatic rings. The van der Waals surface area contributed by atoms with Gasteiger partial charge in [-0.25, -0.2) is 4.79 Å². The standard InChI is InChI=1S/C11H20O7/c12-2-1-3-15-4-5-16-6-7-17-8-9-18-10-11(13)14/h2H,1,3-10H2,(H,13,14). The fourth-order valence-corrected chi connectivity index (χ4v) is 0.951. The van der Waals surface area contributed by atoms with Crippen LogP contribution in [0.25, 0.3) is 0 Å². The zero-order valence-electron chi connectivity index (χ0n) is 10.3. The van der Waals surface area contributed by atoms with Crippen LogP contribution in [-0.4, -0.2) is 70.2 Å². The summed E-state index contributed by atoms with van der Waals surface area (Å²) >= 11 is 0. The van der Waals surface area contributed by atoms with Crippen LogP contribution in [0.4, 0.5) is 0 Å². The van der Waals surface area contributed by atoms with Crippen molar-refractivity contribution < 1.29 is 33.6 Å². The van der Waals surface area contributed by atoms with Crippen molar-refractivity contribution in [3.8, 4) is 0 Å². The molecular weight excluding hydrogens is 244 g/mol. The fourth-order valence-electron chi connectivity index (χ4n) is 0.951. The number of rotatable bonds is 14. The molecule has 0 aliphatic carbocycles. The van der Waals surface area contributed by atoms with Crippen molar-refractivity contribution in [3.05, 3.63) is 0 Å². The number of aliphatic carboxylic acids is 1. The summed E-state index contributed by atoms with van der Waals surface area (Å²) in [5.41, 5.74) is 0. The molecule has 0 radical (unpaired) electrons. The molecule has 0 atom stereocenters. The molecule has 0 unspecified atom stereocenters. The number of carbonyl (C=O) groups is 2. The second kappa shape index (κ2) is 14.0. The van der Waals surface area contributed by atoms with Gasteiger partial charge in [0.1, 0.15) is 12.9 Å². The molecule has 0 bridgehead atoms. The maximum absolute atomic E-state index is 10.1. The Morgan fingerprint density at radius 2 is 1.28 bits per heavy atom. The molecule has 0 aromatic carbocycles. The van der Waals surface area contributed by atoms with Gasteiger partial charge in [-0.1, -0.05) is 0 Å². The topological polar surface area (TPSA) is 91.3 Å². The van der Waals surface area contributed by atoms with E-state index in [1.54, 1.807) is 0 Å².